The Balaban J connectivity index is 1.88. The average Bonchev–Trinajstić information content (AvgIpc) is 2.20. The molecule has 1 saturated heterocycles. The van der Waals surface area contributed by atoms with E-state index in [0.29, 0.717) is 0 Å². The predicted octanol–water partition coefficient (Wildman–Crippen LogP) is 1.47. The van der Waals surface area contributed by atoms with Crippen molar-refractivity contribution < 1.29 is 0 Å². The van der Waals surface area contributed by atoms with Crippen molar-refractivity contribution in [3.05, 3.63) is 0 Å². The Morgan fingerprint density at radius 1 is 1.08 bits per heavy atom. The lowest BCUT2D eigenvalue weighted by atomic mass is 9.84. The van der Waals surface area contributed by atoms with Gasteiger partial charge >= 0.3 is 0 Å². The maximum Gasteiger partial charge on any atom is 0.0122 e. The van der Waals surface area contributed by atoms with Crippen LogP contribution in [0.3, 0.4) is 0 Å². The van der Waals surface area contributed by atoms with Gasteiger partial charge in [0.2, 0.25) is 0 Å². The van der Waals surface area contributed by atoms with Gasteiger partial charge in [-0.2, -0.15) is 0 Å². The SMILES string of the molecule is C[C@@H]1CCCC[C@H]1N1CCNCC1. The molecule has 0 aromatic rings. The number of rotatable bonds is 1. The molecule has 1 aliphatic carbocycles. The lowest BCUT2D eigenvalue weighted by Gasteiger charge is -2.40. The Hall–Kier alpha value is -0.0800. The van der Waals surface area contributed by atoms with Gasteiger partial charge in [0.25, 0.3) is 0 Å². The molecule has 0 aromatic carbocycles. The first-order valence-corrected chi connectivity index (χ1v) is 5.82. The molecular weight excluding hydrogens is 160 g/mol. The van der Waals surface area contributed by atoms with Crippen LogP contribution in [-0.4, -0.2) is 37.1 Å². The van der Waals surface area contributed by atoms with E-state index in [9.17, 15) is 0 Å². The molecule has 76 valence electrons. The van der Waals surface area contributed by atoms with Crippen molar-refractivity contribution in [2.75, 3.05) is 26.2 Å². The van der Waals surface area contributed by atoms with Crippen molar-refractivity contribution in [1.29, 1.82) is 0 Å². The largest absolute Gasteiger partial charge is 0.314 e. The molecular formula is C11H22N2. The smallest absolute Gasteiger partial charge is 0.0122 e. The maximum absolute atomic E-state index is 3.43. The molecule has 0 bridgehead atoms. The van der Waals surface area contributed by atoms with Crippen LogP contribution in [0.4, 0.5) is 0 Å². The van der Waals surface area contributed by atoms with Gasteiger partial charge in [0, 0.05) is 32.2 Å². The van der Waals surface area contributed by atoms with Crippen molar-refractivity contribution in [3.8, 4) is 0 Å². The van der Waals surface area contributed by atoms with E-state index in [4.69, 9.17) is 0 Å². The van der Waals surface area contributed by atoms with Crippen LogP contribution in [0.2, 0.25) is 0 Å². The highest BCUT2D eigenvalue weighted by Crippen LogP contribution is 2.27. The Kier molecular flexibility index (Phi) is 3.23. The van der Waals surface area contributed by atoms with Gasteiger partial charge in [0.1, 0.15) is 0 Å². The molecule has 1 aliphatic heterocycles. The van der Waals surface area contributed by atoms with Crippen LogP contribution in [0.5, 0.6) is 0 Å². The minimum Gasteiger partial charge on any atom is -0.314 e. The molecule has 0 unspecified atom stereocenters. The van der Waals surface area contributed by atoms with Crippen LogP contribution in [0.1, 0.15) is 32.6 Å². The summed E-state index contributed by atoms with van der Waals surface area (Å²) < 4.78 is 0. The van der Waals surface area contributed by atoms with Crippen LogP contribution in [0.25, 0.3) is 0 Å². The molecule has 2 rings (SSSR count). The second kappa shape index (κ2) is 4.43. The highest BCUT2D eigenvalue weighted by Gasteiger charge is 2.27. The predicted molar refractivity (Wildman–Crippen MR) is 55.9 cm³/mol. The van der Waals surface area contributed by atoms with E-state index >= 15 is 0 Å². The molecule has 13 heavy (non-hydrogen) atoms. The fourth-order valence-electron chi connectivity index (χ4n) is 2.85. The summed E-state index contributed by atoms with van der Waals surface area (Å²) in [4.78, 5) is 2.71. The summed E-state index contributed by atoms with van der Waals surface area (Å²) in [6.45, 7) is 7.38. The first kappa shape index (κ1) is 9.47. The van der Waals surface area contributed by atoms with E-state index in [1.165, 1.54) is 51.9 Å². The van der Waals surface area contributed by atoms with Crippen molar-refractivity contribution >= 4 is 0 Å². The molecule has 1 N–H and O–H groups in total. The molecule has 2 heteroatoms. The van der Waals surface area contributed by atoms with Crippen LogP contribution in [0.15, 0.2) is 0 Å². The van der Waals surface area contributed by atoms with Crippen LogP contribution in [0, 0.1) is 5.92 Å². The number of hydrogen-bond acceptors (Lipinski definition) is 2. The summed E-state index contributed by atoms with van der Waals surface area (Å²) in [5.41, 5.74) is 0. The zero-order valence-electron chi connectivity index (χ0n) is 8.76. The number of nitrogens with zero attached hydrogens (tertiary/aromatic N) is 1. The Morgan fingerprint density at radius 2 is 1.77 bits per heavy atom. The van der Waals surface area contributed by atoms with Gasteiger partial charge in [0.05, 0.1) is 0 Å². The molecule has 1 saturated carbocycles. The standard InChI is InChI=1S/C11H22N2/c1-10-4-2-3-5-11(10)13-8-6-12-7-9-13/h10-12H,2-9H2,1H3/t10-,11-/m1/s1. The summed E-state index contributed by atoms with van der Waals surface area (Å²) in [6, 6.07) is 0.899. The molecule has 0 amide bonds. The number of hydrogen-bond donors (Lipinski definition) is 1. The Bertz CT molecular complexity index is 152. The summed E-state index contributed by atoms with van der Waals surface area (Å²) in [5.74, 6) is 0.937. The normalized spacial score (nSPS) is 37.6. The third-order valence-electron chi connectivity index (χ3n) is 3.69. The van der Waals surface area contributed by atoms with Crippen molar-refractivity contribution in [1.82, 2.24) is 10.2 Å². The Morgan fingerprint density at radius 3 is 2.46 bits per heavy atom. The monoisotopic (exact) mass is 182 g/mol. The van der Waals surface area contributed by atoms with Crippen molar-refractivity contribution in [3.63, 3.8) is 0 Å². The maximum atomic E-state index is 3.43. The van der Waals surface area contributed by atoms with Crippen LogP contribution < -0.4 is 5.32 Å². The summed E-state index contributed by atoms with van der Waals surface area (Å²) >= 11 is 0. The molecule has 1 heterocycles. The van der Waals surface area contributed by atoms with E-state index in [1.807, 2.05) is 0 Å². The van der Waals surface area contributed by atoms with E-state index in [-0.39, 0.29) is 0 Å². The fraction of sp³-hybridized carbons (Fsp3) is 1.00. The van der Waals surface area contributed by atoms with Gasteiger partial charge in [0.15, 0.2) is 0 Å². The van der Waals surface area contributed by atoms with E-state index in [2.05, 4.69) is 17.1 Å². The molecule has 2 atom stereocenters. The molecule has 0 aromatic heterocycles. The Labute approximate surface area is 81.7 Å². The highest BCUT2D eigenvalue weighted by atomic mass is 15.2. The second-order valence-electron chi connectivity index (χ2n) is 4.62. The van der Waals surface area contributed by atoms with Gasteiger partial charge < -0.3 is 5.32 Å². The minimum atomic E-state index is 0.899. The molecule has 2 nitrogen and oxygen atoms in total. The van der Waals surface area contributed by atoms with Gasteiger partial charge in [-0.05, 0) is 18.8 Å². The van der Waals surface area contributed by atoms with E-state index in [1.54, 1.807) is 0 Å². The highest BCUT2D eigenvalue weighted by molar-refractivity contribution is 4.83. The zero-order chi connectivity index (χ0) is 9.10. The summed E-state index contributed by atoms with van der Waals surface area (Å²) in [6.07, 6.45) is 5.82. The lowest BCUT2D eigenvalue weighted by Crippen LogP contribution is -2.51. The fourth-order valence-corrected chi connectivity index (χ4v) is 2.85. The zero-order valence-corrected chi connectivity index (χ0v) is 8.76. The van der Waals surface area contributed by atoms with Crippen molar-refractivity contribution in [2.45, 2.75) is 38.6 Å². The van der Waals surface area contributed by atoms with E-state index in [0.717, 1.165) is 12.0 Å². The molecule has 0 radical (unpaired) electrons. The number of nitrogens with one attached hydrogen (secondary N) is 1. The lowest BCUT2D eigenvalue weighted by molar-refractivity contribution is 0.0988. The summed E-state index contributed by atoms with van der Waals surface area (Å²) in [7, 11) is 0. The first-order valence-electron chi connectivity index (χ1n) is 5.82. The molecule has 0 spiro atoms. The third kappa shape index (κ3) is 2.23. The van der Waals surface area contributed by atoms with Gasteiger partial charge in [-0.15, -0.1) is 0 Å². The molecule has 2 aliphatic rings. The van der Waals surface area contributed by atoms with Gasteiger partial charge in [-0.1, -0.05) is 19.8 Å². The topological polar surface area (TPSA) is 15.3 Å². The third-order valence-corrected chi connectivity index (χ3v) is 3.69. The average molecular weight is 182 g/mol. The molecule has 2 fully saturated rings. The number of piperazine rings is 1. The summed E-state index contributed by atoms with van der Waals surface area (Å²) in [5, 5.41) is 3.43. The second-order valence-corrected chi connectivity index (χ2v) is 4.62. The van der Waals surface area contributed by atoms with Gasteiger partial charge in [-0.3, -0.25) is 4.90 Å². The van der Waals surface area contributed by atoms with Gasteiger partial charge in [-0.25, -0.2) is 0 Å². The van der Waals surface area contributed by atoms with E-state index < -0.39 is 0 Å². The quantitative estimate of drug-likeness (QED) is 0.660. The van der Waals surface area contributed by atoms with Crippen LogP contribution in [-0.2, 0) is 0 Å². The minimum absolute atomic E-state index is 0.899. The van der Waals surface area contributed by atoms with Crippen molar-refractivity contribution in [2.24, 2.45) is 5.92 Å². The first-order chi connectivity index (χ1) is 6.38. The van der Waals surface area contributed by atoms with Crippen LogP contribution >= 0.6 is 0 Å².